The van der Waals surface area contributed by atoms with Gasteiger partial charge in [0.1, 0.15) is 18.3 Å². The number of carbonyl (C=O) groups excluding carboxylic acids is 1. The van der Waals surface area contributed by atoms with Crippen molar-refractivity contribution >= 4 is 17.3 Å². The molecule has 3 aromatic rings. The lowest BCUT2D eigenvalue weighted by Gasteiger charge is -2.26. The predicted octanol–water partition coefficient (Wildman–Crippen LogP) is 2.26. The average Bonchev–Trinajstić information content (AvgIpc) is 3.30. The summed E-state index contributed by atoms with van der Waals surface area (Å²) < 4.78 is 6.64. The molecule has 0 aliphatic carbocycles. The number of nitrogens with one attached hydrogen (secondary N) is 1. The summed E-state index contributed by atoms with van der Waals surface area (Å²) in [5.74, 6) is -0.427. The van der Waals surface area contributed by atoms with E-state index < -0.39 is 10.8 Å². The van der Waals surface area contributed by atoms with E-state index in [1.54, 1.807) is 0 Å². The molecule has 0 saturated carbocycles. The van der Waals surface area contributed by atoms with Crippen LogP contribution in [-0.4, -0.2) is 56.8 Å². The first-order chi connectivity index (χ1) is 14.6. The fourth-order valence-corrected chi connectivity index (χ4v) is 3.25. The molecule has 2 heterocycles. The summed E-state index contributed by atoms with van der Waals surface area (Å²) in [7, 11) is 0. The topological polar surface area (TPSA) is 115 Å². The van der Waals surface area contributed by atoms with Gasteiger partial charge in [0, 0.05) is 37.0 Å². The minimum atomic E-state index is -0.547. The molecule has 30 heavy (non-hydrogen) atoms. The third-order valence-electron chi connectivity index (χ3n) is 4.82. The van der Waals surface area contributed by atoms with Crippen LogP contribution in [0.15, 0.2) is 55.1 Å². The normalized spacial score (nSPS) is 14.4. The number of anilines is 1. The molecular formula is C20H20N6O4. The molecule has 0 bridgehead atoms. The van der Waals surface area contributed by atoms with Gasteiger partial charge in [0.2, 0.25) is 0 Å². The quantitative estimate of drug-likeness (QED) is 0.491. The van der Waals surface area contributed by atoms with Crippen molar-refractivity contribution in [3.63, 3.8) is 0 Å². The van der Waals surface area contributed by atoms with E-state index in [0.717, 1.165) is 38.4 Å². The summed E-state index contributed by atoms with van der Waals surface area (Å²) in [5, 5.41) is 18.1. The van der Waals surface area contributed by atoms with Crippen molar-refractivity contribution in [2.75, 3.05) is 31.6 Å². The maximum Gasteiger partial charge on any atom is 0.295 e. The van der Waals surface area contributed by atoms with E-state index >= 15 is 0 Å². The van der Waals surface area contributed by atoms with Crippen LogP contribution in [0.4, 0.5) is 11.4 Å². The monoisotopic (exact) mass is 408 g/mol. The number of ether oxygens (including phenoxy) is 1. The zero-order chi connectivity index (χ0) is 20.9. The highest BCUT2D eigenvalue weighted by molar-refractivity contribution is 6.04. The van der Waals surface area contributed by atoms with Gasteiger partial charge in [0.05, 0.1) is 18.1 Å². The average molecular weight is 408 g/mol. The molecule has 1 fully saturated rings. The highest BCUT2D eigenvalue weighted by atomic mass is 16.6. The molecule has 1 amide bonds. The van der Waals surface area contributed by atoms with Crippen LogP contribution in [0.3, 0.4) is 0 Å². The molecule has 1 aliphatic rings. The lowest BCUT2D eigenvalue weighted by atomic mass is 10.1. The number of nitro benzene ring substituents is 1. The molecule has 0 unspecified atom stereocenters. The molecule has 10 heteroatoms. The molecule has 0 atom stereocenters. The fraction of sp³-hybridized carbons (Fsp3) is 0.250. The molecule has 1 aliphatic heterocycles. The van der Waals surface area contributed by atoms with Gasteiger partial charge in [-0.15, -0.1) is 0 Å². The molecule has 10 nitrogen and oxygen atoms in total. The molecule has 154 valence electrons. The number of aromatic nitrogens is 3. The second-order valence-electron chi connectivity index (χ2n) is 6.84. The summed E-state index contributed by atoms with van der Waals surface area (Å²) in [6.07, 6.45) is 2.65. The summed E-state index contributed by atoms with van der Waals surface area (Å²) in [6.45, 7) is 4.13. The fourth-order valence-electron chi connectivity index (χ4n) is 3.25. The molecular weight excluding hydrogens is 388 g/mol. The number of hydrogen-bond donors (Lipinski definition) is 1. The van der Waals surface area contributed by atoms with E-state index in [2.05, 4.69) is 20.3 Å². The largest absolute Gasteiger partial charge is 0.379 e. The van der Waals surface area contributed by atoms with Gasteiger partial charge in [0.15, 0.2) is 0 Å². The number of hydrogen-bond acceptors (Lipinski definition) is 7. The SMILES string of the molecule is O=C(Nc1ccc(CN2CCOCC2)cc1)c1ccc(-n2cncn2)c([N+](=O)[O-])c1. The van der Waals surface area contributed by atoms with Gasteiger partial charge in [-0.3, -0.25) is 19.8 Å². The maximum atomic E-state index is 12.6. The van der Waals surface area contributed by atoms with Crippen LogP contribution in [0.1, 0.15) is 15.9 Å². The number of benzene rings is 2. The van der Waals surface area contributed by atoms with Crippen LogP contribution in [0.2, 0.25) is 0 Å². The Kier molecular flexibility index (Phi) is 5.77. The molecule has 1 aromatic heterocycles. The van der Waals surface area contributed by atoms with E-state index in [9.17, 15) is 14.9 Å². The number of amides is 1. The standard InChI is InChI=1S/C20H20N6O4/c27-20(16-3-6-18(19(11-16)26(28)29)25-14-21-13-22-25)23-17-4-1-15(2-5-17)12-24-7-9-30-10-8-24/h1-6,11,13-14H,7-10,12H2,(H,23,27). The molecule has 0 radical (unpaired) electrons. The van der Waals surface area contributed by atoms with Crippen molar-refractivity contribution in [2.45, 2.75) is 6.54 Å². The number of nitrogens with zero attached hydrogens (tertiary/aromatic N) is 5. The van der Waals surface area contributed by atoms with Gasteiger partial charge in [-0.2, -0.15) is 5.10 Å². The van der Waals surface area contributed by atoms with Gasteiger partial charge >= 0.3 is 0 Å². The summed E-state index contributed by atoms with van der Waals surface area (Å²) in [4.78, 5) is 29.6. The van der Waals surface area contributed by atoms with Gasteiger partial charge in [-0.25, -0.2) is 9.67 Å². The van der Waals surface area contributed by atoms with Crippen LogP contribution < -0.4 is 5.32 Å². The Morgan fingerprint density at radius 2 is 1.93 bits per heavy atom. The van der Waals surface area contributed by atoms with Crippen molar-refractivity contribution in [3.8, 4) is 5.69 Å². The summed E-state index contributed by atoms with van der Waals surface area (Å²) in [6, 6.07) is 11.8. The van der Waals surface area contributed by atoms with Gasteiger partial charge in [0.25, 0.3) is 11.6 Å². The van der Waals surface area contributed by atoms with Crippen LogP contribution in [-0.2, 0) is 11.3 Å². The second-order valence-corrected chi connectivity index (χ2v) is 6.84. The first kappa shape index (κ1) is 19.7. The Balaban J connectivity index is 1.45. The minimum Gasteiger partial charge on any atom is -0.379 e. The zero-order valence-electron chi connectivity index (χ0n) is 16.1. The zero-order valence-corrected chi connectivity index (χ0v) is 16.1. The smallest absolute Gasteiger partial charge is 0.295 e. The minimum absolute atomic E-state index is 0.183. The van der Waals surface area contributed by atoms with Crippen molar-refractivity contribution in [1.29, 1.82) is 0 Å². The van der Waals surface area contributed by atoms with E-state index in [0.29, 0.717) is 5.69 Å². The third-order valence-corrected chi connectivity index (χ3v) is 4.82. The van der Waals surface area contributed by atoms with E-state index in [1.165, 1.54) is 35.5 Å². The Labute approximate surface area is 172 Å². The lowest BCUT2D eigenvalue weighted by Crippen LogP contribution is -2.35. The highest BCUT2D eigenvalue weighted by Gasteiger charge is 2.19. The number of carbonyl (C=O) groups is 1. The van der Waals surface area contributed by atoms with Gasteiger partial charge < -0.3 is 10.1 Å². The molecule has 4 rings (SSSR count). The first-order valence-electron chi connectivity index (χ1n) is 9.44. The van der Waals surface area contributed by atoms with Crippen LogP contribution >= 0.6 is 0 Å². The number of rotatable bonds is 6. The summed E-state index contributed by atoms with van der Waals surface area (Å²) >= 11 is 0. The number of morpholine rings is 1. The van der Waals surface area contributed by atoms with Crippen molar-refractivity contribution in [1.82, 2.24) is 19.7 Å². The maximum absolute atomic E-state index is 12.6. The number of nitro groups is 1. The molecule has 0 spiro atoms. The Morgan fingerprint density at radius 1 is 1.17 bits per heavy atom. The van der Waals surface area contributed by atoms with Crippen LogP contribution in [0, 0.1) is 10.1 Å². The highest BCUT2D eigenvalue weighted by Crippen LogP contribution is 2.24. The Morgan fingerprint density at radius 3 is 2.60 bits per heavy atom. The summed E-state index contributed by atoms with van der Waals surface area (Å²) in [5.41, 5.74) is 1.95. The van der Waals surface area contributed by atoms with Crippen molar-refractivity contribution < 1.29 is 14.5 Å². The van der Waals surface area contributed by atoms with E-state index in [4.69, 9.17) is 4.74 Å². The Bertz CT molecular complexity index is 1030. The van der Waals surface area contributed by atoms with Gasteiger partial charge in [-0.1, -0.05) is 12.1 Å². The Hall–Kier alpha value is -3.63. The third kappa shape index (κ3) is 4.50. The second kappa shape index (κ2) is 8.80. The van der Waals surface area contributed by atoms with Crippen LogP contribution in [0.5, 0.6) is 0 Å². The predicted molar refractivity (Wildman–Crippen MR) is 109 cm³/mol. The van der Waals surface area contributed by atoms with Crippen molar-refractivity contribution in [3.05, 3.63) is 76.4 Å². The molecule has 1 saturated heterocycles. The van der Waals surface area contributed by atoms with E-state index in [-0.39, 0.29) is 16.9 Å². The van der Waals surface area contributed by atoms with Crippen LogP contribution in [0.25, 0.3) is 5.69 Å². The first-order valence-corrected chi connectivity index (χ1v) is 9.44. The van der Waals surface area contributed by atoms with E-state index in [1.807, 2.05) is 24.3 Å². The molecule has 1 N–H and O–H groups in total. The van der Waals surface area contributed by atoms with Crippen molar-refractivity contribution in [2.24, 2.45) is 0 Å². The van der Waals surface area contributed by atoms with Gasteiger partial charge in [-0.05, 0) is 29.8 Å². The lowest BCUT2D eigenvalue weighted by molar-refractivity contribution is -0.384. The molecule has 2 aromatic carbocycles.